The van der Waals surface area contributed by atoms with Crippen molar-refractivity contribution in [2.75, 3.05) is 0 Å². The van der Waals surface area contributed by atoms with Gasteiger partial charge in [-0.15, -0.1) is 6.58 Å². The molecule has 1 aromatic carbocycles. The van der Waals surface area contributed by atoms with Gasteiger partial charge in [-0.3, -0.25) is 0 Å². The van der Waals surface area contributed by atoms with Gasteiger partial charge in [-0.1, -0.05) is 12.1 Å². The van der Waals surface area contributed by atoms with E-state index in [4.69, 9.17) is 0 Å². The molecule has 3 nitrogen and oxygen atoms in total. The van der Waals surface area contributed by atoms with Crippen molar-refractivity contribution in [3.05, 3.63) is 42.2 Å². The minimum atomic E-state index is -0.0401. The van der Waals surface area contributed by atoms with Crippen LogP contribution in [-0.4, -0.2) is 14.7 Å². The maximum absolute atomic E-state index is 9.20. The fourth-order valence-corrected chi connectivity index (χ4v) is 1.74. The van der Waals surface area contributed by atoms with Gasteiger partial charge in [0, 0.05) is 6.54 Å². The van der Waals surface area contributed by atoms with E-state index >= 15 is 0 Å². The Morgan fingerprint density at radius 1 is 1.53 bits per heavy atom. The highest BCUT2D eigenvalue weighted by atomic mass is 16.3. The molecule has 1 N–H and O–H groups in total. The van der Waals surface area contributed by atoms with E-state index in [9.17, 15) is 5.11 Å². The molecule has 78 valence electrons. The number of aliphatic hydroxyl groups excluding tert-OH is 1. The Hall–Kier alpha value is -1.61. The van der Waals surface area contributed by atoms with Crippen molar-refractivity contribution in [3.63, 3.8) is 0 Å². The molecule has 0 spiro atoms. The molecule has 0 saturated heterocycles. The van der Waals surface area contributed by atoms with Crippen molar-refractivity contribution < 1.29 is 5.11 Å². The summed E-state index contributed by atoms with van der Waals surface area (Å²) < 4.78 is 1.97. The molecule has 0 saturated carbocycles. The van der Waals surface area contributed by atoms with Crippen molar-refractivity contribution in [3.8, 4) is 0 Å². The van der Waals surface area contributed by atoms with Crippen LogP contribution >= 0.6 is 0 Å². The van der Waals surface area contributed by atoms with Crippen molar-refractivity contribution in [2.45, 2.75) is 20.1 Å². The summed E-state index contributed by atoms with van der Waals surface area (Å²) in [6, 6.07) is 6.10. The molecule has 0 aliphatic heterocycles. The lowest BCUT2D eigenvalue weighted by Crippen LogP contribution is -2.01. The molecule has 3 heteroatoms. The van der Waals surface area contributed by atoms with Crippen LogP contribution in [0.2, 0.25) is 0 Å². The standard InChI is InChI=1S/C12H14N2O/c1-3-6-14-11-5-4-9(2)7-10(11)13-12(14)8-15/h3-5,7,15H,1,6,8H2,2H3. The zero-order valence-electron chi connectivity index (χ0n) is 8.77. The number of aryl methyl sites for hydroxylation is 1. The van der Waals surface area contributed by atoms with Crippen LogP contribution in [0.1, 0.15) is 11.4 Å². The van der Waals surface area contributed by atoms with Gasteiger partial charge in [-0.25, -0.2) is 4.98 Å². The van der Waals surface area contributed by atoms with E-state index < -0.39 is 0 Å². The van der Waals surface area contributed by atoms with Crippen LogP contribution in [0.25, 0.3) is 11.0 Å². The third kappa shape index (κ3) is 1.66. The molecule has 2 aromatic rings. The van der Waals surface area contributed by atoms with Crippen molar-refractivity contribution in [2.24, 2.45) is 0 Å². The minimum Gasteiger partial charge on any atom is -0.388 e. The highest BCUT2D eigenvalue weighted by molar-refractivity contribution is 5.76. The SMILES string of the molecule is C=CCn1c(CO)nc2cc(C)ccc21. The van der Waals surface area contributed by atoms with Gasteiger partial charge in [0.1, 0.15) is 12.4 Å². The second-order valence-electron chi connectivity index (χ2n) is 3.58. The lowest BCUT2D eigenvalue weighted by molar-refractivity contribution is 0.267. The molecule has 0 aliphatic rings. The first-order valence-electron chi connectivity index (χ1n) is 4.93. The first kappa shape index (κ1) is 9.93. The molecular formula is C12H14N2O. The van der Waals surface area contributed by atoms with Gasteiger partial charge in [0.05, 0.1) is 11.0 Å². The summed E-state index contributed by atoms with van der Waals surface area (Å²) in [6.07, 6.45) is 1.81. The van der Waals surface area contributed by atoms with Gasteiger partial charge in [-0.05, 0) is 24.6 Å². The smallest absolute Gasteiger partial charge is 0.135 e. The molecule has 0 fully saturated rings. The van der Waals surface area contributed by atoms with E-state index in [1.165, 1.54) is 5.56 Å². The second-order valence-corrected chi connectivity index (χ2v) is 3.58. The van der Waals surface area contributed by atoms with Crippen molar-refractivity contribution in [1.29, 1.82) is 0 Å². The molecule has 15 heavy (non-hydrogen) atoms. The summed E-state index contributed by atoms with van der Waals surface area (Å²) in [7, 11) is 0. The molecule has 1 aromatic heterocycles. The lowest BCUT2D eigenvalue weighted by atomic mass is 10.2. The fraction of sp³-hybridized carbons (Fsp3) is 0.250. The minimum absolute atomic E-state index is 0.0401. The molecule has 0 bridgehead atoms. The van der Waals surface area contributed by atoms with E-state index in [2.05, 4.69) is 11.6 Å². The van der Waals surface area contributed by atoms with Crippen LogP contribution in [0.3, 0.4) is 0 Å². The summed E-state index contributed by atoms with van der Waals surface area (Å²) in [5, 5.41) is 9.20. The van der Waals surface area contributed by atoms with Crippen LogP contribution in [0.4, 0.5) is 0 Å². The Balaban J connectivity index is 2.68. The van der Waals surface area contributed by atoms with Crippen LogP contribution in [0.15, 0.2) is 30.9 Å². The summed E-state index contributed by atoms with van der Waals surface area (Å²) in [5.74, 6) is 0.690. The number of allylic oxidation sites excluding steroid dienone is 1. The third-order valence-electron chi connectivity index (χ3n) is 2.44. The number of aliphatic hydroxyl groups is 1. The average molecular weight is 202 g/mol. The van der Waals surface area contributed by atoms with Crippen molar-refractivity contribution >= 4 is 11.0 Å². The third-order valence-corrected chi connectivity index (χ3v) is 2.44. The van der Waals surface area contributed by atoms with Gasteiger partial charge >= 0.3 is 0 Å². The highest BCUT2D eigenvalue weighted by Crippen LogP contribution is 2.17. The number of rotatable bonds is 3. The molecular weight excluding hydrogens is 188 g/mol. The Bertz CT molecular complexity index is 500. The molecule has 2 rings (SSSR count). The van der Waals surface area contributed by atoms with E-state index in [0.717, 1.165) is 11.0 Å². The van der Waals surface area contributed by atoms with E-state index in [1.807, 2.05) is 29.7 Å². The Morgan fingerprint density at radius 3 is 3.00 bits per heavy atom. The fourth-order valence-electron chi connectivity index (χ4n) is 1.74. The average Bonchev–Trinajstić information content (AvgIpc) is 2.56. The summed E-state index contributed by atoms with van der Waals surface area (Å²) in [6.45, 7) is 6.37. The van der Waals surface area contributed by atoms with Crippen molar-refractivity contribution in [1.82, 2.24) is 9.55 Å². The Labute approximate surface area is 88.7 Å². The normalized spacial score (nSPS) is 10.8. The molecule has 0 atom stereocenters. The highest BCUT2D eigenvalue weighted by Gasteiger charge is 2.08. The van der Waals surface area contributed by atoms with Gasteiger partial charge in [0.15, 0.2) is 0 Å². The molecule has 0 unspecified atom stereocenters. The molecule has 0 amide bonds. The van der Waals surface area contributed by atoms with Crippen LogP contribution in [0.5, 0.6) is 0 Å². The summed E-state index contributed by atoms with van der Waals surface area (Å²) in [4.78, 5) is 4.38. The second kappa shape index (κ2) is 3.87. The number of fused-ring (bicyclic) bond motifs is 1. The summed E-state index contributed by atoms with van der Waals surface area (Å²) >= 11 is 0. The van der Waals surface area contributed by atoms with E-state index in [0.29, 0.717) is 12.4 Å². The number of aromatic nitrogens is 2. The Morgan fingerprint density at radius 2 is 2.33 bits per heavy atom. The van der Waals surface area contributed by atoms with Gasteiger partial charge in [0.2, 0.25) is 0 Å². The monoisotopic (exact) mass is 202 g/mol. The molecule has 1 heterocycles. The maximum Gasteiger partial charge on any atom is 0.135 e. The number of benzene rings is 1. The van der Waals surface area contributed by atoms with Crippen LogP contribution < -0.4 is 0 Å². The zero-order valence-corrected chi connectivity index (χ0v) is 8.77. The van der Waals surface area contributed by atoms with Gasteiger partial charge in [0.25, 0.3) is 0 Å². The maximum atomic E-state index is 9.20. The molecule has 0 radical (unpaired) electrons. The van der Waals surface area contributed by atoms with Gasteiger partial charge in [-0.2, -0.15) is 0 Å². The first-order chi connectivity index (χ1) is 7.26. The Kier molecular flexibility index (Phi) is 2.56. The predicted molar refractivity (Wildman–Crippen MR) is 60.6 cm³/mol. The van der Waals surface area contributed by atoms with E-state index in [1.54, 1.807) is 6.08 Å². The van der Waals surface area contributed by atoms with Crippen LogP contribution in [0, 0.1) is 6.92 Å². The van der Waals surface area contributed by atoms with Crippen LogP contribution in [-0.2, 0) is 13.2 Å². The first-order valence-corrected chi connectivity index (χ1v) is 4.93. The number of hydrogen-bond donors (Lipinski definition) is 1. The number of nitrogens with zero attached hydrogens (tertiary/aromatic N) is 2. The topological polar surface area (TPSA) is 38.0 Å². The number of hydrogen-bond acceptors (Lipinski definition) is 2. The predicted octanol–water partition coefficient (Wildman–Crippen LogP) is 2.02. The zero-order chi connectivity index (χ0) is 10.8. The van der Waals surface area contributed by atoms with E-state index in [-0.39, 0.29) is 6.61 Å². The molecule has 0 aliphatic carbocycles. The lowest BCUT2D eigenvalue weighted by Gasteiger charge is -2.03. The quantitative estimate of drug-likeness (QED) is 0.773. The largest absolute Gasteiger partial charge is 0.388 e. The number of imidazole rings is 1. The van der Waals surface area contributed by atoms with Gasteiger partial charge < -0.3 is 9.67 Å². The summed E-state index contributed by atoms with van der Waals surface area (Å²) in [5.41, 5.74) is 3.15.